The summed E-state index contributed by atoms with van der Waals surface area (Å²) in [6, 6.07) is 8.89. The summed E-state index contributed by atoms with van der Waals surface area (Å²) in [7, 11) is 0. The van der Waals surface area contributed by atoms with Gasteiger partial charge in [-0.05, 0) is 20.8 Å². The molecule has 2 rings (SSSR count). The Balaban J connectivity index is 2.23. The second kappa shape index (κ2) is 7.57. The van der Waals surface area contributed by atoms with Crippen LogP contribution in [0.25, 0.3) is 0 Å². The number of ether oxygens (including phenoxy) is 2. The monoisotopic (exact) mass is 320 g/mol. The Labute approximate surface area is 136 Å². The maximum Gasteiger partial charge on any atom is 0.294 e. The van der Waals surface area contributed by atoms with Gasteiger partial charge in [-0.15, -0.1) is 0 Å². The van der Waals surface area contributed by atoms with E-state index in [1.807, 2.05) is 56.0 Å². The van der Waals surface area contributed by atoms with Gasteiger partial charge in [-0.2, -0.15) is 0 Å². The molecular weight excluding hydrogens is 296 g/mol. The molecule has 6 nitrogen and oxygen atoms in total. The molecule has 1 aliphatic heterocycles. The molecular formula is C17H24N2O4. The lowest BCUT2D eigenvalue weighted by atomic mass is 10.1. The number of amides is 1. The number of carbonyl (C=O) groups is 2. The largest absolute Gasteiger partial charge is 0.444 e. The minimum absolute atomic E-state index is 0.115. The van der Waals surface area contributed by atoms with Crippen LogP contribution >= 0.6 is 0 Å². The van der Waals surface area contributed by atoms with E-state index in [4.69, 9.17) is 9.47 Å². The molecule has 1 amide bonds. The lowest BCUT2D eigenvalue weighted by Gasteiger charge is -2.40. The molecule has 1 saturated heterocycles. The summed E-state index contributed by atoms with van der Waals surface area (Å²) in [5.41, 5.74) is 0.479. The van der Waals surface area contributed by atoms with E-state index in [9.17, 15) is 9.59 Å². The van der Waals surface area contributed by atoms with Gasteiger partial charge in [0, 0.05) is 18.7 Å². The van der Waals surface area contributed by atoms with E-state index in [2.05, 4.69) is 5.32 Å². The van der Waals surface area contributed by atoms with Crippen LogP contribution in [0.2, 0.25) is 0 Å². The second-order valence-corrected chi connectivity index (χ2v) is 6.46. The molecule has 6 heteroatoms. The first kappa shape index (κ1) is 17.4. The van der Waals surface area contributed by atoms with E-state index in [-0.39, 0.29) is 18.1 Å². The molecule has 126 valence electrons. The fraction of sp³-hybridized carbons (Fsp3) is 0.529. The zero-order chi connectivity index (χ0) is 16.9. The standard InChI is InChI=1S/C17H24N2O4/c1-17(2,3)23-11-14-15(21)18-9-10-19(14)16(22-12-20)13-7-5-4-6-8-13/h4-8,12,14,16H,9-11H2,1-3H3,(H,18,21). The molecule has 1 fully saturated rings. The van der Waals surface area contributed by atoms with Gasteiger partial charge >= 0.3 is 0 Å². The molecule has 0 bridgehead atoms. The highest BCUT2D eigenvalue weighted by Gasteiger charge is 2.37. The maximum absolute atomic E-state index is 12.3. The molecule has 0 spiro atoms. The minimum atomic E-state index is -0.603. The molecule has 0 aromatic heterocycles. The smallest absolute Gasteiger partial charge is 0.294 e. The third kappa shape index (κ3) is 4.77. The lowest BCUT2D eigenvalue weighted by molar-refractivity contribution is -0.161. The number of piperazine rings is 1. The summed E-state index contributed by atoms with van der Waals surface area (Å²) < 4.78 is 11.1. The molecule has 1 aromatic carbocycles. The molecule has 1 aliphatic rings. The summed E-state index contributed by atoms with van der Waals surface area (Å²) in [5.74, 6) is -0.115. The molecule has 0 aliphatic carbocycles. The van der Waals surface area contributed by atoms with Crippen LogP contribution in [0.3, 0.4) is 0 Å². The minimum Gasteiger partial charge on any atom is -0.444 e. The third-order valence-corrected chi connectivity index (χ3v) is 3.62. The Morgan fingerprint density at radius 2 is 2.04 bits per heavy atom. The summed E-state index contributed by atoms with van der Waals surface area (Å²) in [6.07, 6.45) is -0.603. The number of nitrogens with one attached hydrogen (secondary N) is 1. The fourth-order valence-electron chi connectivity index (χ4n) is 2.53. The molecule has 1 heterocycles. The van der Waals surface area contributed by atoms with Gasteiger partial charge in [0.25, 0.3) is 6.47 Å². The molecule has 1 N–H and O–H groups in total. The van der Waals surface area contributed by atoms with Gasteiger partial charge in [0.2, 0.25) is 5.91 Å². The van der Waals surface area contributed by atoms with Crippen LogP contribution in [0.1, 0.15) is 32.6 Å². The first-order valence-corrected chi connectivity index (χ1v) is 7.74. The molecule has 2 unspecified atom stereocenters. The highest BCUT2D eigenvalue weighted by atomic mass is 16.5. The van der Waals surface area contributed by atoms with Gasteiger partial charge in [0.15, 0.2) is 6.23 Å². The van der Waals surface area contributed by atoms with Crippen LogP contribution < -0.4 is 5.32 Å². The van der Waals surface area contributed by atoms with Crippen LogP contribution in [-0.4, -0.2) is 48.6 Å². The fourth-order valence-corrected chi connectivity index (χ4v) is 2.53. The van der Waals surface area contributed by atoms with E-state index in [1.165, 1.54) is 0 Å². The number of hydrogen-bond donors (Lipinski definition) is 1. The zero-order valence-corrected chi connectivity index (χ0v) is 13.8. The number of nitrogens with zero attached hydrogens (tertiary/aromatic N) is 1. The number of benzene rings is 1. The number of hydrogen-bond acceptors (Lipinski definition) is 5. The van der Waals surface area contributed by atoms with E-state index >= 15 is 0 Å². The summed E-state index contributed by atoms with van der Waals surface area (Å²) >= 11 is 0. The Morgan fingerprint density at radius 1 is 1.35 bits per heavy atom. The van der Waals surface area contributed by atoms with Crippen LogP contribution in [-0.2, 0) is 19.1 Å². The van der Waals surface area contributed by atoms with Gasteiger partial charge in [-0.25, -0.2) is 4.90 Å². The van der Waals surface area contributed by atoms with Crippen molar-refractivity contribution in [2.75, 3.05) is 19.7 Å². The van der Waals surface area contributed by atoms with Crippen molar-refractivity contribution >= 4 is 12.4 Å². The molecule has 0 saturated carbocycles. The summed E-state index contributed by atoms with van der Waals surface area (Å²) in [4.78, 5) is 25.1. The predicted octanol–water partition coefficient (Wildman–Crippen LogP) is 1.47. The van der Waals surface area contributed by atoms with Crippen molar-refractivity contribution in [3.63, 3.8) is 0 Å². The predicted molar refractivity (Wildman–Crippen MR) is 85.5 cm³/mol. The van der Waals surface area contributed by atoms with E-state index in [0.29, 0.717) is 19.6 Å². The van der Waals surface area contributed by atoms with Crippen molar-refractivity contribution in [3.05, 3.63) is 35.9 Å². The van der Waals surface area contributed by atoms with Crippen molar-refractivity contribution in [2.45, 2.75) is 38.6 Å². The Morgan fingerprint density at radius 3 is 2.65 bits per heavy atom. The van der Waals surface area contributed by atoms with Crippen molar-refractivity contribution < 1.29 is 19.1 Å². The highest BCUT2D eigenvalue weighted by molar-refractivity contribution is 5.82. The lowest BCUT2D eigenvalue weighted by Crippen LogP contribution is -2.58. The van der Waals surface area contributed by atoms with E-state index < -0.39 is 12.3 Å². The van der Waals surface area contributed by atoms with E-state index in [1.54, 1.807) is 0 Å². The van der Waals surface area contributed by atoms with Gasteiger partial charge in [-0.3, -0.25) is 9.59 Å². The SMILES string of the molecule is CC(C)(C)OCC1C(=O)NCCN1C(OC=O)c1ccccc1. The van der Waals surface area contributed by atoms with Crippen LogP contribution in [0, 0.1) is 0 Å². The van der Waals surface area contributed by atoms with Crippen molar-refractivity contribution in [1.29, 1.82) is 0 Å². The molecule has 1 aromatic rings. The quantitative estimate of drug-likeness (QED) is 0.804. The van der Waals surface area contributed by atoms with Crippen LogP contribution in [0.4, 0.5) is 0 Å². The third-order valence-electron chi connectivity index (χ3n) is 3.62. The Bertz CT molecular complexity index is 527. The van der Waals surface area contributed by atoms with Gasteiger partial charge in [0.05, 0.1) is 12.2 Å². The van der Waals surface area contributed by atoms with Crippen LogP contribution in [0.5, 0.6) is 0 Å². The first-order chi connectivity index (χ1) is 10.9. The van der Waals surface area contributed by atoms with Crippen molar-refractivity contribution in [2.24, 2.45) is 0 Å². The number of rotatable bonds is 6. The van der Waals surface area contributed by atoms with Gasteiger partial charge < -0.3 is 14.8 Å². The Kier molecular flexibility index (Phi) is 5.74. The summed E-state index contributed by atoms with van der Waals surface area (Å²) in [6.45, 7) is 7.57. The van der Waals surface area contributed by atoms with Crippen molar-refractivity contribution in [1.82, 2.24) is 10.2 Å². The highest BCUT2D eigenvalue weighted by Crippen LogP contribution is 2.25. The first-order valence-electron chi connectivity index (χ1n) is 7.74. The average molecular weight is 320 g/mol. The molecule has 0 radical (unpaired) electrons. The average Bonchev–Trinajstić information content (AvgIpc) is 2.51. The van der Waals surface area contributed by atoms with Crippen molar-refractivity contribution in [3.8, 4) is 0 Å². The topological polar surface area (TPSA) is 67.9 Å². The second-order valence-electron chi connectivity index (χ2n) is 6.46. The Hall–Kier alpha value is -1.92. The molecule has 2 atom stereocenters. The van der Waals surface area contributed by atoms with Gasteiger partial charge in [0.1, 0.15) is 6.04 Å². The maximum atomic E-state index is 12.3. The van der Waals surface area contributed by atoms with Gasteiger partial charge in [-0.1, -0.05) is 30.3 Å². The summed E-state index contributed by atoms with van der Waals surface area (Å²) in [5, 5.41) is 2.84. The number of carbonyl (C=O) groups excluding carboxylic acids is 2. The van der Waals surface area contributed by atoms with E-state index in [0.717, 1.165) is 5.56 Å². The normalized spacial score (nSPS) is 20.7. The molecule has 23 heavy (non-hydrogen) atoms. The van der Waals surface area contributed by atoms with Crippen LogP contribution in [0.15, 0.2) is 30.3 Å². The zero-order valence-electron chi connectivity index (χ0n) is 13.8.